The minimum atomic E-state index is 0.166. The molecule has 2 aromatic carbocycles. The zero-order chi connectivity index (χ0) is 14.9. The summed E-state index contributed by atoms with van der Waals surface area (Å²) in [5, 5.41) is 14.5. The first-order valence-corrected chi connectivity index (χ1v) is 7.43. The Bertz CT molecular complexity index is 959. The second kappa shape index (κ2) is 5.31. The molecule has 0 radical (unpaired) electrons. The predicted octanol–water partition coefficient (Wildman–Crippen LogP) is 3.93. The highest BCUT2D eigenvalue weighted by molar-refractivity contribution is 6.13. The Morgan fingerprint density at radius 3 is 2.64 bits per heavy atom. The number of rotatable bonds is 4. The molecule has 0 aliphatic heterocycles. The van der Waals surface area contributed by atoms with Gasteiger partial charge in [-0.25, -0.2) is 4.98 Å². The Morgan fingerprint density at radius 2 is 1.77 bits per heavy atom. The third-order valence-corrected chi connectivity index (χ3v) is 3.84. The van der Waals surface area contributed by atoms with Crippen molar-refractivity contribution in [2.75, 3.05) is 18.5 Å². The highest BCUT2D eigenvalue weighted by Gasteiger charge is 2.15. The molecule has 0 spiro atoms. The van der Waals surface area contributed by atoms with Gasteiger partial charge in [0.1, 0.15) is 11.1 Å². The molecule has 0 fully saturated rings. The van der Waals surface area contributed by atoms with Crippen LogP contribution in [0.15, 0.2) is 52.9 Å². The van der Waals surface area contributed by atoms with Crippen LogP contribution in [0.5, 0.6) is 0 Å². The quantitative estimate of drug-likeness (QED) is 0.560. The summed E-state index contributed by atoms with van der Waals surface area (Å²) in [4.78, 5) is 4.77. The van der Waals surface area contributed by atoms with Gasteiger partial charge in [0, 0.05) is 23.9 Å². The molecule has 0 bridgehead atoms. The second-order valence-electron chi connectivity index (χ2n) is 5.28. The maximum atomic E-state index is 9.01. The summed E-state index contributed by atoms with van der Waals surface area (Å²) in [6.45, 7) is 0.857. The van der Waals surface area contributed by atoms with Gasteiger partial charge >= 0.3 is 0 Å². The molecule has 0 unspecified atom stereocenters. The maximum Gasteiger partial charge on any atom is 0.177 e. The SMILES string of the molecule is OCCCNc1c2ccccc2nc2c1oc1ccccc12. The van der Waals surface area contributed by atoms with Gasteiger partial charge in [-0.1, -0.05) is 30.3 Å². The largest absolute Gasteiger partial charge is 0.452 e. The molecule has 110 valence electrons. The molecule has 0 saturated carbocycles. The van der Waals surface area contributed by atoms with E-state index < -0.39 is 0 Å². The van der Waals surface area contributed by atoms with E-state index >= 15 is 0 Å². The normalized spacial score (nSPS) is 11.5. The van der Waals surface area contributed by atoms with Crippen LogP contribution in [0, 0.1) is 0 Å². The standard InChI is InChI=1S/C18H16N2O2/c21-11-5-10-19-16-12-6-1-3-8-14(12)20-17-13-7-2-4-9-15(13)22-18(16)17/h1-4,6-9,21H,5,10-11H2,(H,19,20). The fraction of sp³-hybridized carbons (Fsp3) is 0.167. The summed E-state index contributed by atoms with van der Waals surface area (Å²) in [6.07, 6.45) is 0.693. The Kier molecular flexibility index (Phi) is 3.16. The minimum Gasteiger partial charge on any atom is -0.452 e. The number of anilines is 1. The van der Waals surface area contributed by atoms with Gasteiger partial charge in [0.15, 0.2) is 5.58 Å². The van der Waals surface area contributed by atoms with Crippen LogP contribution >= 0.6 is 0 Å². The van der Waals surface area contributed by atoms with Crippen molar-refractivity contribution < 1.29 is 9.52 Å². The van der Waals surface area contributed by atoms with Crippen LogP contribution in [0.3, 0.4) is 0 Å². The van der Waals surface area contributed by atoms with Crippen molar-refractivity contribution in [3.8, 4) is 0 Å². The molecule has 4 rings (SSSR count). The summed E-state index contributed by atoms with van der Waals surface area (Å²) >= 11 is 0. The van der Waals surface area contributed by atoms with E-state index in [-0.39, 0.29) is 6.61 Å². The Balaban J connectivity index is 2.04. The summed E-state index contributed by atoms with van der Waals surface area (Å²) in [6, 6.07) is 16.0. The van der Waals surface area contributed by atoms with Crippen molar-refractivity contribution in [2.24, 2.45) is 0 Å². The Labute approximate surface area is 127 Å². The van der Waals surface area contributed by atoms with Gasteiger partial charge in [0.2, 0.25) is 0 Å². The number of aliphatic hydroxyl groups excluding tert-OH is 1. The molecule has 22 heavy (non-hydrogen) atoms. The number of fused-ring (bicyclic) bond motifs is 4. The van der Waals surface area contributed by atoms with Crippen molar-refractivity contribution in [2.45, 2.75) is 6.42 Å². The van der Waals surface area contributed by atoms with Crippen LogP contribution in [-0.4, -0.2) is 23.2 Å². The van der Waals surface area contributed by atoms with E-state index in [0.717, 1.165) is 38.7 Å². The number of aromatic nitrogens is 1. The van der Waals surface area contributed by atoms with Crippen LogP contribution < -0.4 is 5.32 Å². The van der Waals surface area contributed by atoms with Gasteiger partial charge in [0.05, 0.1) is 11.2 Å². The highest BCUT2D eigenvalue weighted by atomic mass is 16.3. The van der Waals surface area contributed by atoms with E-state index in [2.05, 4.69) is 5.32 Å². The summed E-state index contributed by atoms with van der Waals surface area (Å²) in [5.41, 5.74) is 4.38. The molecule has 0 saturated heterocycles. The van der Waals surface area contributed by atoms with E-state index in [9.17, 15) is 0 Å². The number of pyridine rings is 1. The lowest BCUT2D eigenvalue weighted by atomic mass is 10.1. The van der Waals surface area contributed by atoms with Crippen molar-refractivity contribution >= 4 is 38.7 Å². The highest BCUT2D eigenvalue weighted by Crippen LogP contribution is 2.36. The van der Waals surface area contributed by atoms with Gasteiger partial charge in [-0.2, -0.15) is 0 Å². The molecule has 2 aromatic heterocycles. The first-order valence-electron chi connectivity index (χ1n) is 7.43. The van der Waals surface area contributed by atoms with Crippen LogP contribution in [-0.2, 0) is 0 Å². The van der Waals surface area contributed by atoms with Gasteiger partial charge < -0.3 is 14.8 Å². The van der Waals surface area contributed by atoms with Crippen LogP contribution in [0.25, 0.3) is 33.0 Å². The lowest BCUT2D eigenvalue weighted by molar-refractivity contribution is 0.292. The predicted molar refractivity (Wildman–Crippen MR) is 89.2 cm³/mol. The monoisotopic (exact) mass is 292 g/mol. The maximum absolute atomic E-state index is 9.01. The van der Waals surface area contributed by atoms with Crippen molar-refractivity contribution in [1.29, 1.82) is 0 Å². The lowest BCUT2D eigenvalue weighted by Gasteiger charge is -2.09. The molecular formula is C18H16N2O2. The molecule has 0 aliphatic rings. The summed E-state index contributed by atoms with van der Waals surface area (Å²) in [7, 11) is 0. The molecule has 0 aliphatic carbocycles. The third-order valence-electron chi connectivity index (χ3n) is 3.84. The number of benzene rings is 2. The van der Waals surface area contributed by atoms with Gasteiger partial charge in [0.25, 0.3) is 0 Å². The Hall–Kier alpha value is -2.59. The van der Waals surface area contributed by atoms with Crippen LogP contribution in [0.4, 0.5) is 5.69 Å². The zero-order valence-electron chi connectivity index (χ0n) is 12.0. The minimum absolute atomic E-state index is 0.166. The fourth-order valence-electron chi connectivity index (χ4n) is 2.81. The number of hydrogen-bond acceptors (Lipinski definition) is 4. The average molecular weight is 292 g/mol. The van der Waals surface area contributed by atoms with Crippen molar-refractivity contribution in [3.63, 3.8) is 0 Å². The molecule has 4 nitrogen and oxygen atoms in total. The fourth-order valence-corrected chi connectivity index (χ4v) is 2.81. The van der Waals surface area contributed by atoms with Crippen LogP contribution in [0.1, 0.15) is 6.42 Å². The molecular weight excluding hydrogens is 276 g/mol. The van der Waals surface area contributed by atoms with Crippen molar-refractivity contribution in [3.05, 3.63) is 48.5 Å². The Morgan fingerprint density at radius 1 is 1.00 bits per heavy atom. The van der Waals surface area contributed by atoms with Gasteiger partial charge in [-0.15, -0.1) is 0 Å². The first-order chi connectivity index (χ1) is 10.9. The molecule has 0 amide bonds. The number of hydrogen-bond donors (Lipinski definition) is 2. The number of nitrogens with zero attached hydrogens (tertiary/aromatic N) is 1. The molecule has 2 heterocycles. The average Bonchev–Trinajstić information content (AvgIpc) is 2.93. The van der Waals surface area contributed by atoms with Gasteiger partial charge in [-0.05, 0) is 24.6 Å². The summed E-state index contributed by atoms with van der Waals surface area (Å²) in [5.74, 6) is 0. The number of aliphatic hydroxyl groups is 1. The number of furan rings is 1. The van der Waals surface area contributed by atoms with Gasteiger partial charge in [-0.3, -0.25) is 0 Å². The zero-order valence-corrected chi connectivity index (χ0v) is 12.0. The topological polar surface area (TPSA) is 58.3 Å². The number of para-hydroxylation sites is 2. The van der Waals surface area contributed by atoms with E-state index in [1.165, 1.54) is 0 Å². The lowest BCUT2D eigenvalue weighted by Crippen LogP contribution is -2.04. The first kappa shape index (κ1) is 13.1. The molecule has 0 atom stereocenters. The van der Waals surface area contributed by atoms with Crippen LogP contribution in [0.2, 0.25) is 0 Å². The number of nitrogens with one attached hydrogen (secondary N) is 1. The van der Waals surface area contributed by atoms with E-state index in [1.54, 1.807) is 0 Å². The molecule has 4 aromatic rings. The summed E-state index contributed by atoms with van der Waals surface area (Å²) < 4.78 is 6.03. The smallest absolute Gasteiger partial charge is 0.177 e. The second-order valence-corrected chi connectivity index (χ2v) is 5.28. The molecule has 2 N–H and O–H groups in total. The van der Waals surface area contributed by atoms with E-state index in [4.69, 9.17) is 14.5 Å². The van der Waals surface area contributed by atoms with E-state index in [0.29, 0.717) is 13.0 Å². The third kappa shape index (κ3) is 2.00. The molecule has 4 heteroatoms. The van der Waals surface area contributed by atoms with Crippen molar-refractivity contribution in [1.82, 2.24) is 4.98 Å². The van der Waals surface area contributed by atoms with E-state index in [1.807, 2.05) is 48.5 Å².